The molecule has 0 unspecified atom stereocenters. The average Bonchev–Trinajstić information content (AvgIpc) is 3.36. The Morgan fingerprint density at radius 3 is 2.34 bits per heavy atom. The van der Waals surface area contributed by atoms with Crippen LogP contribution >= 0.6 is 0 Å². The van der Waals surface area contributed by atoms with Crippen molar-refractivity contribution in [2.75, 3.05) is 11.4 Å². The van der Waals surface area contributed by atoms with E-state index in [4.69, 9.17) is 14.3 Å². The zero-order valence-electron chi connectivity index (χ0n) is 22.2. The first-order valence-electron chi connectivity index (χ1n) is 13.0. The summed E-state index contributed by atoms with van der Waals surface area (Å²) >= 11 is 0. The molecule has 0 amide bonds. The molecule has 2 heterocycles. The quantitative estimate of drug-likeness (QED) is 0.289. The van der Waals surface area contributed by atoms with Crippen LogP contribution in [0.4, 0.5) is 5.69 Å². The van der Waals surface area contributed by atoms with Gasteiger partial charge in [-0.3, -0.25) is 9.51 Å². The third kappa shape index (κ3) is 5.47. The van der Waals surface area contributed by atoms with Crippen LogP contribution in [0.3, 0.4) is 0 Å². The van der Waals surface area contributed by atoms with Gasteiger partial charge >= 0.3 is 5.76 Å². The van der Waals surface area contributed by atoms with Crippen LogP contribution in [0, 0.1) is 0 Å². The molecule has 194 valence electrons. The van der Waals surface area contributed by atoms with Crippen LogP contribution < -0.4 is 15.4 Å². The van der Waals surface area contributed by atoms with Gasteiger partial charge in [-0.25, -0.2) is 9.79 Å². The van der Waals surface area contributed by atoms with E-state index in [9.17, 15) is 4.79 Å². The number of benzene rings is 3. The summed E-state index contributed by atoms with van der Waals surface area (Å²) in [7, 11) is 0. The van der Waals surface area contributed by atoms with Crippen LogP contribution in [-0.2, 0) is 6.42 Å². The largest absolute Gasteiger partial charge is 0.491 e. The van der Waals surface area contributed by atoms with Gasteiger partial charge in [0.25, 0.3) is 0 Å². The maximum atomic E-state index is 11.5. The van der Waals surface area contributed by atoms with Crippen LogP contribution in [-0.4, -0.2) is 28.6 Å². The summed E-state index contributed by atoms with van der Waals surface area (Å²) in [6.07, 6.45) is 1.86. The molecule has 1 aliphatic heterocycles. The van der Waals surface area contributed by atoms with E-state index in [2.05, 4.69) is 65.3 Å². The minimum atomic E-state index is -0.565. The lowest BCUT2D eigenvalue weighted by molar-refractivity contribution is 0.242. The summed E-state index contributed by atoms with van der Waals surface area (Å²) in [5.41, 5.74) is 7.63. The van der Waals surface area contributed by atoms with Gasteiger partial charge in [-0.15, -0.1) is 0 Å². The van der Waals surface area contributed by atoms with Gasteiger partial charge in [-0.2, -0.15) is 0 Å². The molecule has 1 aromatic heterocycles. The third-order valence-corrected chi connectivity index (χ3v) is 6.60. The standard InChI is InChI=1S/C31H32N4O3/c1-5-29-24(19-35(21(4)32-29)25-14-16-26(17-15-25)37-20(2)3)18-22-10-12-23(13-11-22)27-8-6-7-9-28(27)30-33-31(36)38-34-30/h6-17,20H,5,18-19H2,1-4H3,(H,33,34,36). The predicted molar refractivity (Wildman–Crippen MR) is 152 cm³/mol. The molecule has 3 aromatic carbocycles. The van der Waals surface area contributed by atoms with Crippen molar-refractivity contribution in [2.45, 2.75) is 46.6 Å². The molecule has 0 saturated heterocycles. The van der Waals surface area contributed by atoms with Crippen molar-refractivity contribution >= 4 is 11.5 Å². The van der Waals surface area contributed by atoms with E-state index in [1.807, 2.05) is 50.2 Å². The molecular weight excluding hydrogens is 476 g/mol. The van der Waals surface area contributed by atoms with Crippen molar-refractivity contribution in [1.82, 2.24) is 10.1 Å². The maximum Gasteiger partial charge on any atom is 0.439 e. The number of aliphatic imine (C=N–C) groups is 1. The van der Waals surface area contributed by atoms with Crippen molar-refractivity contribution in [1.29, 1.82) is 0 Å². The summed E-state index contributed by atoms with van der Waals surface area (Å²) in [4.78, 5) is 21.4. The normalized spacial score (nSPS) is 13.7. The Hall–Kier alpha value is -4.39. The van der Waals surface area contributed by atoms with Gasteiger partial charge in [-0.1, -0.05) is 60.6 Å². The number of aromatic amines is 1. The highest BCUT2D eigenvalue weighted by atomic mass is 16.5. The van der Waals surface area contributed by atoms with Gasteiger partial charge in [0.15, 0.2) is 5.82 Å². The van der Waals surface area contributed by atoms with E-state index in [1.165, 1.54) is 11.1 Å². The van der Waals surface area contributed by atoms with Gasteiger partial charge in [0.2, 0.25) is 0 Å². The van der Waals surface area contributed by atoms with Gasteiger partial charge < -0.3 is 9.64 Å². The number of nitrogens with zero attached hydrogens (tertiary/aromatic N) is 3. The topological polar surface area (TPSA) is 83.7 Å². The van der Waals surface area contributed by atoms with Crippen LogP contribution in [0.1, 0.15) is 39.7 Å². The minimum Gasteiger partial charge on any atom is -0.491 e. The summed E-state index contributed by atoms with van der Waals surface area (Å²) in [5.74, 6) is 1.73. The summed E-state index contributed by atoms with van der Waals surface area (Å²) in [6.45, 7) is 9.09. The van der Waals surface area contributed by atoms with E-state index in [-0.39, 0.29) is 6.10 Å². The van der Waals surface area contributed by atoms with Gasteiger partial charge in [0, 0.05) is 23.5 Å². The van der Waals surface area contributed by atoms with E-state index in [0.717, 1.165) is 59.0 Å². The molecule has 0 aliphatic carbocycles. The lowest BCUT2D eigenvalue weighted by Crippen LogP contribution is -2.34. The molecule has 0 atom stereocenters. The number of hydrogen-bond acceptors (Lipinski definition) is 6. The minimum absolute atomic E-state index is 0.145. The molecule has 0 saturated carbocycles. The predicted octanol–water partition coefficient (Wildman–Crippen LogP) is 6.63. The Labute approximate surface area is 222 Å². The lowest BCUT2D eigenvalue weighted by Gasteiger charge is -2.31. The number of ether oxygens (including phenoxy) is 1. The summed E-state index contributed by atoms with van der Waals surface area (Å²) < 4.78 is 10.5. The molecule has 7 heteroatoms. The molecule has 0 radical (unpaired) electrons. The molecule has 38 heavy (non-hydrogen) atoms. The first-order valence-corrected chi connectivity index (χ1v) is 13.0. The highest BCUT2D eigenvalue weighted by molar-refractivity contribution is 5.98. The van der Waals surface area contributed by atoms with Crippen molar-refractivity contribution < 1.29 is 9.26 Å². The smallest absolute Gasteiger partial charge is 0.439 e. The third-order valence-electron chi connectivity index (χ3n) is 6.60. The number of allylic oxidation sites excluding steroid dienone is 1. The fraction of sp³-hybridized carbons (Fsp3) is 0.258. The van der Waals surface area contributed by atoms with Crippen LogP contribution in [0.15, 0.2) is 98.4 Å². The Kier molecular flexibility index (Phi) is 7.26. The Morgan fingerprint density at radius 2 is 1.71 bits per heavy atom. The number of amidine groups is 1. The fourth-order valence-corrected chi connectivity index (χ4v) is 4.81. The van der Waals surface area contributed by atoms with Gasteiger partial charge in [0.1, 0.15) is 11.6 Å². The fourth-order valence-electron chi connectivity index (χ4n) is 4.81. The van der Waals surface area contributed by atoms with Crippen molar-refractivity contribution in [3.63, 3.8) is 0 Å². The number of nitrogens with one attached hydrogen (secondary N) is 1. The molecule has 0 fully saturated rings. The van der Waals surface area contributed by atoms with E-state index in [0.29, 0.717) is 5.82 Å². The number of hydrogen-bond donors (Lipinski definition) is 1. The average molecular weight is 509 g/mol. The Balaban J connectivity index is 1.36. The zero-order chi connectivity index (χ0) is 26.6. The number of H-pyrrole nitrogens is 1. The molecule has 5 rings (SSSR count). The first kappa shape index (κ1) is 25.3. The van der Waals surface area contributed by atoms with Crippen LogP contribution in [0.2, 0.25) is 0 Å². The SMILES string of the molecule is CCC1=C(Cc2ccc(-c3ccccc3-c3noc(=O)[nH]3)cc2)CN(c2ccc(OC(C)C)cc2)C(C)=N1. The molecule has 7 nitrogen and oxygen atoms in total. The Morgan fingerprint density at radius 1 is 1.00 bits per heavy atom. The summed E-state index contributed by atoms with van der Waals surface area (Å²) in [6, 6.07) is 24.6. The van der Waals surface area contributed by atoms with E-state index >= 15 is 0 Å². The molecule has 1 N–H and O–H groups in total. The number of aromatic nitrogens is 2. The van der Waals surface area contributed by atoms with Crippen molar-refractivity contribution in [3.05, 3.63) is 100 Å². The highest BCUT2D eigenvalue weighted by Crippen LogP contribution is 2.31. The number of anilines is 1. The van der Waals surface area contributed by atoms with Crippen molar-refractivity contribution in [2.24, 2.45) is 4.99 Å². The van der Waals surface area contributed by atoms with Gasteiger partial charge in [0.05, 0.1) is 6.10 Å². The van der Waals surface area contributed by atoms with Crippen LogP contribution in [0.25, 0.3) is 22.5 Å². The second-order valence-corrected chi connectivity index (χ2v) is 9.67. The molecule has 4 aromatic rings. The second kappa shape index (κ2) is 10.9. The molecule has 0 spiro atoms. The monoisotopic (exact) mass is 508 g/mol. The molecular formula is C31H32N4O3. The number of rotatable bonds is 8. The zero-order valence-corrected chi connectivity index (χ0v) is 22.2. The van der Waals surface area contributed by atoms with E-state index < -0.39 is 5.76 Å². The van der Waals surface area contributed by atoms with E-state index in [1.54, 1.807) is 0 Å². The summed E-state index contributed by atoms with van der Waals surface area (Å²) in [5, 5.41) is 3.87. The van der Waals surface area contributed by atoms with Crippen molar-refractivity contribution in [3.8, 4) is 28.3 Å². The molecule has 1 aliphatic rings. The first-order chi connectivity index (χ1) is 18.4. The molecule has 0 bridgehead atoms. The van der Waals surface area contributed by atoms with Gasteiger partial charge in [-0.05, 0) is 80.1 Å². The highest BCUT2D eigenvalue weighted by Gasteiger charge is 2.21. The maximum absolute atomic E-state index is 11.5. The lowest BCUT2D eigenvalue weighted by atomic mass is 9.95. The second-order valence-electron chi connectivity index (χ2n) is 9.67. The Bertz CT molecular complexity index is 1530. The van der Waals surface area contributed by atoms with Crippen LogP contribution in [0.5, 0.6) is 5.75 Å².